The molecule has 0 saturated carbocycles. The molecule has 0 bridgehead atoms. The Morgan fingerprint density at radius 2 is 1.67 bits per heavy atom. The van der Waals surface area contributed by atoms with E-state index in [0.717, 1.165) is 11.1 Å². The van der Waals surface area contributed by atoms with Crippen molar-refractivity contribution in [2.45, 2.75) is 19.6 Å². The van der Waals surface area contributed by atoms with Gasteiger partial charge in [0.1, 0.15) is 30.5 Å². The topological polar surface area (TPSA) is 79.3 Å². The molecule has 4 rings (SSSR count). The summed E-state index contributed by atoms with van der Waals surface area (Å²) in [4.78, 5) is 29.8. The van der Waals surface area contributed by atoms with Crippen LogP contribution in [-0.2, 0) is 16.2 Å². The highest BCUT2D eigenvalue weighted by atomic mass is 16.5. The second-order valence-electron chi connectivity index (χ2n) is 9.77. The monoisotopic (exact) mass is 526 g/mol. The Balaban J connectivity index is 1.63. The highest BCUT2D eigenvalue weighted by Gasteiger charge is 2.45. The molecular formula is C32H34N2O5. The first-order valence-corrected chi connectivity index (χ1v) is 12.8. The van der Waals surface area contributed by atoms with Crippen LogP contribution in [0.1, 0.15) is 28.3 Å². The van der Waals surface area contributed by atoms with Crippen molar-refractivity contribution in [2.24, 2.45) is 0 Å². The number of ketones is 1. The van der Waals surface area contributed by atoms with Crippen molar-refractivity contribution in [3.63, 3.8) is 0 Å². The van der Waals surface area contributed by atoms with E-state index in [1.54, 1.807) is 42.5 Å². The van der Waals surface area contributed by atoms with Crippen LogP contribution in [0.3, 0.4) is 0 Å². The molecule has 0 aliphatic carbocycles. The van der Waals surface area contributed by atoms with E-state index < -0.39 is 17.7 Å². The number of hydrogen-bond acceptors (Lipinski definition) is 6. The maximum Gasteiger partial charge on any atom is 0.295 e. The van der Waals surface area contributed by atoms with Gasteiger partial charge in [-0.1, -0.05) is 54.6 Å². The Bertz CT molecular complexity index is 1360. The summed E-state index contributed by atoms with van der Waals surface area (Å²) < 4.78 is 11.5. The Hall–Kier alpha value is -4.36. The maximum absolute atomic E-state index is 13.2. The zero-order valence-corrected chi connectivity index (χ0v) is 22.6. The highest BCUT2D eigenvalue weighted by molar-refractivity contribution is 6.46. The number of carbonyl (C=O) groups is 2. The summed E-state index contributed by atoms with van der Waals surface area (Å²) in [5.41, 5.74) is 3.41. The minimum absolute atomic E-state index is 0.0620. The number of aliphatic hydroxyl groups excluding tert-OH is 1. The van der Waals surface area contributed by atoms with Crippen molar-refractivity contribution in [1.82, 2.24) is 9.80 Å². The lowest BCUT2D eigenvalue weighted by Crippen LogP contribution is -2.35. The van der Waals surface area contributed by atoms with Gasteiger partial charge in [0.25, 0.3) is 11.7 Å². The number of Topliss-reactive ketones (excluding diaryl/α,β-unsaturated/α-hetero) is 1. The van der Waals surface area contributed by atoms with Gasteiger partial charge < -0.3 is 24.4 Å². The lowest BCUT2D eigenvalue weighted by atomic mass is 9.95. The van der Waals surface area contributed by atoms with E-state index in [4.69, 9.17) is 9.47 Å². The SMILES string of the molecule is C=CCOc1ccc(C2/C(=C(\O)c3ccc(OCc4cccc(C)c4)cc3)C(=O)C(=O)N2CCN(C)C)cc1. The molecule has 3 aromatic rings. The van der Waals surface area contributed by atoms with Gasteiger partial charge in [0, 0.05) is 18.7 Å². The molecule has 3 aromatic carbocycles. The van der Waals surface area contributed by atoms with Crippen LogP contribution in [0.2, 0.25) is 0 Å². The number of aryl methyl sites for hydroxylation is 1. The Kier molecular flexibility index (Phi) is 8.84. The third-order valence-corrected chi connectivity index (χ3v) is 6.51. The van der Waals surface area contributed by atoms with Crippen LogP contribution in [0, 0.1) is 6.92 Å². The van der Waals surface area contributed by atoms with E-state index in [-0.39, 0.29) is 11.3 Å². The standard InChI is InChI=1S/C32H34N2O5/c1-5-19-38-26-13-9-24(10-14-26)29-28(31(36)32(37)34(29)18-17-33(3)4)30(35)25-11-15-27(16-12-25)39-21-23-8-6-7-22(2)20-23/h5-16,20,29,35H,1,17-19,21H2,2-4H3/b30-28+. The fraction of sp³-hybridized carbons (Fsp3) is 0.250. The minimum atomic E-state index is -0.726. The number of hydrogen-bond donors (Lipinski definition) is 1. The van der Waals surface area contributed by atoms with E-state index in [2.05, 4.69) is 12.6 Å². The number of benzene rings is 3. The largest absolute Gasteiger partial charge is 0.507 e. The molecule has 1 N–H and O–H groups in total. The molecule has 1 saturated heterocycles. The molecule has 1 aliphatic heterocycles. The van der Waals surface area contributed by atoms with Gasteiger partial charge in [-0.3, -0.25) is 9.59 Å². The van der Waals surface area contributed by atoms with Gasteiger partial charge in [-0.15, -0.1) is 0 Å². The predicted molar refractivity (Wildman–Crippen MR) is 152 cm³/mol. The number of likely N-dealkylation sites (tertiary alicyclic amines) is 1. The molecule has 7 nitrogen and oxygen atoms in total. The van der Waals surface area contributed by atoms with Crippen LogP contribution in [-0.4, -0.2) is 60.4 Å². The predicted octanol–water partition coefficient (Wildman–Crippen LogP) is 5.12. The number of rotatable bonds is 11. The normalized spacial score (nSPS) is 16.5. The second-order valence-corrected chi connectivity index (χ2v) is 9.77. The van der Waals surface area contributed by atoms with Crippen molar-refractivity contribution in [3.05, 3.63) is 113 Å². The summed E-state index contributed by atoms with van der Waals surface area (Å²) >= 11 is 0. The number of ether oxygens (including phenoxy) is 2. The van der Waals surface area contributed by atoms with E-state index in [1.165, 1.54) is 4.90 Å². The van der Waals surface area contributed by atoms with Gasteiger partial charge in [-0.25, -0.2) is 0 Å². The Morgan fingerprint density at radius 3 is 2.31 bits per heavy atom. The molecular weight excluding hydrogens is 492 g/mol. The number of aliphatic hydroxyl groups is 1. The first-order valence-electron chi connectivity index (χ1n) is 12.8. The summed E-state index contributed by atoms with van der Waals surface area (Å²) in [5.74, 6) is -0.282. The number of likely N-dealkylation sites (N-methyl/N-ethyl adjacent to an activating group) is 1. The third-order valence-electron chi connectivity index (χ3n) is 6.51. The van der Waals surface area contributed by atoms with Gasteiger partial charge in [-0.2, -0.15) is 0 Å². The molecule has 1 heterocycles. The van der Waals surface area contributed by atoms with Crippen molar-refractivity contribution < 1.29 is 24.2 Å². The van der Waals surface area contributed by atoms with Crippen molar-refractivity contribution >= 4 is 17.4 Å². The quantitative estimate of drug-likeness (QED) is 0.162. The maximum atomic E-state index is 13.2. The number of carbonyl (C=O) groups excluding carboxylic acids is 2. The number of amides is 1. The van der Waals surface area contributed by atoms with Crippen LogP contribution in [0.25, 0.3) is 5.76 Å². The highest BCUT2D eigenvalue weighted by Crippen LogP contribution is 2.40. The average molecular weight is 527 g/mol. The first-order chi connectivity index (χ1) is 18.8. The molecule has 1 unspecified atom stereocenters. The molecule has 39 heavy (non-hydrogen) atoms. The molecule has 0 spiro atoms. The molecule has 1 fully saturated rings. The van der Waals surface area contributed by atoms with Gasteiger partial charge in [-0.05, 0) is 68.5 Å². The molecule has 0 aromatic heterocycles. The summed E-state index contributed by atoms with van der Waals surface area (Å²) in [5, 5.41) is 11.3. The average Bonchev–Trinajstić information content (AvgIpc) is 3.19. The number of nitrogens with zero attached hydrogens (tertiary/aromatic N) is 2. The van der Waals surface area contributed by atoms with Crippen LogP contribution in [0.15, 0.2) is 91.0 Å². The fourth-order valence-corrected chi connectivity index (χ4v) is 4.50. The van der Waals surface area contributed by atoms with Crippen molar-refractivity contribution in [2.75, 3.05) is 33.8 Å². The summed E-state index contributed by atoms with van der Waals surface area (Å²) in [6, 6.07) is 21.4. The van der Waals surface area contributed by atoms with Crippen LogP contribution in [0.5, 0.6) is 11.5 Å². The minimum Gasteiger partial charge on any atom is -0.507 e. The molecule has 202 valence electrons. The molecule has 7 heteroatoms. The summed E-state index contributed by atoms with van der Waals surface area (Å²) in [6.07, 6.45) is 1.66. The van der Waals surface area contributed by atoms with Crippen LogP contribution >= 0.6 is 0 Å². The van der Waals surface area contributed by atoms with E-state index in [1.807, 2.05) is 56.3 Å². The molecule has 0 radical (unpaired) electrons. The van der Waals surface area contributed by atoms with Gasteiger partial charge in [0.15, 0.2) is 0 Å². The molecule has 1 atom stereocenters. The van der Waals surface area contributed by atoms with E-state index >= 15 is 0 Å². The van der Waals surface area contributed by atoms with Gasteiger partial charge >= 0.3 is 0 Å². The second kappa shape index (κ2) is 12.5. The van der Waals surface area contributed by atoms with Crippen LogP contribution < -0.4 is 9.47 Å². The van der Waals surface area contributed by atoms with E-state index in [0.29, 0.717) is 48.9 Å². The Morgan fingerprint density at radius 1 is 1.00 bits per heavy atom. The van der Waals surface area contributed by atoms with Gasteiger partial charge in [0.05, 0.1) is 11.6 Å². The summed E-state index contributed by atoms with van der Waals surface area (Å²) in [7, 11) is 3.81. The smallest absolute Gasteiger partial charge is 0.295 e. The zero-order valence-electron chi connectivity index (χ0n) is 22.6. The lowest BCUT2D eigenvalue weighted by Gasteiger charge is -2.26. The molecule has 1 amide bonds. The van der Waals surface area contributed by atoms with E-state index in [9.17, 15) is 14.7 Å². The zero-order chi connectivity index (χ0) is 27.9. The molecule has 1 aliphatic rings. The fourth-order valence-electron chi connectivity index (χ4n) is 4.50. The lowest BCUT2D eigenvalue weighted by molar-refractivity contribution is -0.140. The van der Waals surface area contributed by atoms with Gasteiger partial charge in [0.2, 0.25) is 0 Å². The third kappa shape index (κ3) is 6.56. The van der Waals surface area contributed by atoms with Crippen LogP contribution in [0.4, 0.5) is 0 Å². The Labute approximate surface area is 229 Å². The van der Waals surface area contributed by atoms with Crippen molar-refractivity contribution in [3.8, 4) is 11.5 Å². The summed E-state index contributed by atoms with van der Waals surface area (Å²) in [6.45, 7) is 7.37. The first kappa shape index (κ1) is 27.7. The van der Waals surface area contributed by atoms with Crippen molar-refractivity contribution in [1.29, 1.82) is 0 Å².